The molecule has 3 N–H and O–H groups in total. The van der Waals surface area contributed by atoms with Crippen molar-refractivity contribution in [2.24, 2.45) is 5.92 Å². The van der Waals surface area contributed by atoms with E-state index in [4.69, 9.17) is 4.52 Å². The van der Waals surface area contributed by atoms with Crippen LogP contribution in [-0.4, -0.2) is 28.1 Å². The molecule has 156 valence electrons. The largest absolute Gasteiger partial charge is 0.378 e. The maximum Gasteiger partial charge on any atom is 0.254 e. The highest BCUT2D eigenvalue weighted by Crippen LogP contribution is 2.28. The van der Waals surface area contributed by atoms with E-state index in [0.717, 1.165) is 12.1 Å². The van der Waals surface area contributed by atoms with Crippen LogP contribution in [0.1, 0.15) is 62.8 Å². The number of carbonyl (C=O) groups excluding carboxylic acids is 2. The molecule has 0 spiro atoms. The fourth-order valence-electron chi connectivity index (χ4n) is 3.78. The Morgan fingerprint density at radius 2 is 1.93 bits per heavy atom. The third-order valence-corrected chi connectivity index (χ3v) is 5.35. The summed E-state index contributed by atoms with van der Waals surface area (Å²) in [5.41, 5.74) is 1.32. The smallest absolute Gasteiger partial charge is 0.254 e. The van der Waals surface area contributed by atoms with Gasteiger partial charge in [-0.3, -0.25) is 14.9 Å². The number of nitrogens with one attached hydrogen (secondary N) is 2. The molecule has 1 fully saturated rings. The number of amides is 2. The van der Waals surface area contributed by atoms with Gasteiger partial charge in [0.2, 0.25) is 11.8 Å². The molecule has 0 saturated heterocycles. The van der Waals surface area contributed by atoms with Crippen molar-refractivity contribution in [3.63, 3.8) is 0 Å². The minimum Gasteiger partial charge on any atom is -0.378 e. The van der Waals surface area contributed by atoms with E-state index in [0.29, 0.717) is 24.3 Å². The predicted molar refractivity (Wildman–Crippen MR) is 109 cm³/mol. The molecular weight excluding hydrogens is 370 g/mol. The van der Waals surface area contributed by atoms with Crippen LogP contribution in [0.5, 0.6) is 0 Å². The van der Waals surface area contributed by atoms with E-state index < -0.39 is 18.1 Å². The Labute approximate surface area is 170 Å². The average molecular weight is 399 g/mol. The number of aliphatic hydroxyl groups excluding tert-OH is 1. The van der Waals surface area contributed by atoms with Crippen LogP contribution in [-0.2, 0) is 16.0 Å². The van der Waals surface area contributed by atoms with Gasteiger partial charge in [-0.2, -0.15) is 0 Å². The van der Waals surface area contributed by atoms with Gasteiger partial charge in [0.15, 0.2) is 6.10 Å². The minimum absolute atomic E-state index is 0.280. The fourth-order valence-corrected chi connectivity index (χ4v) is 3.78. The van der Waals surface area contributed by atoms with E-state index in [1.165, 1.54) is 25.7 Å². The Morgan fingerprint density at radius 1 is 1.21 bits per heavy atom. The Bertz CT molecular complexity index is 799. The zero-order valence-corrected chi connectivity index (χ0v) is 16.8. The number of rotatable bonds is 9. The van der Waals surface area contributed by atoms with Crippen molar-refractivity contribution in [2.45, 2.75) is 64.0 Å². The molecule has 7 nitrogen and oxygen atoms in total. The lowest BCUT2D eigenvalue weighted by atomic mass is 10.0. The monoisotopic (exact) mass is 399 g/mol. The first-order valence-electron chi connectivity index (χ1n) is 10.4. The molecule has 7 heteroatoms. The molecule has 1 aliphatic carbocycles. The summed E-state index contributed by atoms with van der Waals surface area (Å²) >= 11 is 0. The molecule has 1 saturated carbocycles. The standard InChI is InChI=1S/C22H29N3O4/c1-2-8-18(23-22(28)20(26)16-11-4-3-5-12-16)21(27)24-19-14-17(25-29-19)13-15-9-6-7-10-15/h3-5,11-12,14-15,18,20,26H,2,6-10,13H2,1H3,(H,23,28)(H,24,27). The Kier molecular flexibility index (Phi) is 7.41. The summed E-state index contributed by atoms with van der Waals surface area (Å²) in [4.78, 5) is 25.1. The van der Waals surface area contributed by atoms with Gasteiger partial charge in [0.1, 0.15) is 6.04 Å². The molecule has 2 aromatic rings. The van der Waals surface area contributed by atoms with E-state index >= 15 is 0 Å². The number of nitrogens with zero attached hydrogens (tertiary/aromatic N) is 1. The highest BCUT2D eigenvalue weighted by atomic mass is 16.5. The molecule has 0 aliphatic heterocycles. The third kappa shape index (κ3) is 5.90. The summed E-state index contributed by atoms with van der Waals surface area (Å²) in [5.74, 6) is -0.0782. The predicted octanol–water partition coefficient (Wildman–Crippen LogP) is 3.36. The normalized spacial score (nSPS) is 16.3. The lowest BCUT2D eigenvalue weighted by molar-refractivity contribution is -0.133. The second-order valence-corrected chi connectivity index (χ2v) is 7.69. The highest BCUT2D eigenvalue weighted by Gasteiger charge is 2.26. The van der Waals surface area contributed by atoms with Crippen LogP contribution >= 0.6 is 0 Å². The second-order valence-electron chi connectivity index (χ2n) is 7.69. The number of aliphatic hydroxyl groups is 1. The summed E-state index contributed by atoms with van der Waals surface area (Å²) in [6, 6.07) is 9.61. The summed E-state index contributed by atoms with van der Waals surface area (Å²) in [6.07, 6.45) is 5.62. The molecule has 2 amide bonds. The number of benzene rings is 1. The summed E-state index contributed by atoms with van der Waals surface area (Å²) in [6.45, 7) is 1.92. The molecule has 1 aromatic heterocycles. The summed E-state index contributed by atoms with van der Waals surface area (Å²) in [5, 5.41) is 19.6. The van der Waals surface area contributed by atoms with Gasteiger partial charge in [-0.1, -0.05) is 74.5 Å². The van der Waals surface area contributed by atoms with Crippen LogP contribution < -0.4 is 10.6 Å². The molecule has 0 bridgehead atoms. The molecular formula is C22H29N3O4. The minimum atomic E-state index is -1.33. The van der Waals surface area contributed by atoms with Crippen molar-refractivity contribution in [3.05, 3.63) is 47.7 Å². The molecule has 0 radical (unpaired) electrons. The lowest BCUT2D eigenvalue weighted by Crippen LogP contribution is -2.45. The van der Waals surface area contributed by atoms with Crippen molar-refractivity contribution >= 4 is 17.7 Å². The van der Waals surface area contributed by atoms with Crippen molar-refractivity contribution in [1.82, 2.24) is 10.5 Å². The summed E-state index contributed by atoms with van der Waals surface area (Å²) in [7, 11) is 0. The number of hydrogen-bond acceptors (Lipinski definition) is 5. The van der Waals surface area contributed by atoms with E-state index in [1.54, 1.807) is 36.4 Å². The summed E-state index contributed by atoms with van der Waals surface area (Å²) < 4.78 is 5.25. The van der Waals surface area contributed by atoms with Gasteiger partial charge in [0, 0.05) is 6.07 Å². The van der Waals surface area contributed by atoms with Crippen molar-refractivity contribution < 1.29 is 19.2 Å². The van der Waals surface area contributed by atoms with Crippen molar-refractivity contribution in [1.29, 1.82) is 0 Å². The third-order valence-electron chi connectivity index (χ3n) is 5.35. The molecule has 1 aromatic carbocycles. The van der Waals surface area contributed by atoms with Gasteiger partial charge in [-0.15, -0.1) is 0 Å². The number of carbonyl (C=O) groups is 2. The Morgan fingerprint density at radius 3 is 2.62 bits per heavy atom. The second kappa shape index (κ2) is 10.2. The maximum atomic E-state index is 12.7. The van der Waals surface area contributed by atoms with Gasteiger partial charge >= 0.3 is 0 Å². The van der Waals surface area contributed by atoms with Gasteiger partial charge in [-0.25, -0.2) is 0 Å². The Hall–Kier alpha value is -2.67. The van der Waals surface area contributed by atoms with Crippen LogP contribution in [0.4, 0.5) is 5.88 Å². The van der Waals surface area contributed by atoms with Gasteiger partial charge in [0.05, 0.1) is 5.69 Å². The van der Waals surface area contributed by atoms with E-state index in [1.807, 2.05) is 6.92 Å². The van der Waals surface area contributed by atoms with Gasteiger partial charge in [0.25, 0.3) is 5.91 Å². The lowest BCUT2D eigenvalue weighted by Gasteiger charge is -2.19. The van der Waals surface area contributed by atoms with Crippen molar-refractivity contribution in [3.8, 4) is 0 Å². The quantitative estimate of drug-likeness (QED) is 0.600. The first-order valence-corrected chi connectivity index (χ1v) is 10.4. The fraction of sp³-hybridized carbons (Fsp3) is 0.500. The molecule has 29 heavy (non-hydrogen) atoms. The topological polar surface area (TPSA) is 104 Å². The van der Waals surface area contributed by atoms with E-state index in [2.05, 4.69) is 15.8 Å². The first-order chi connectivity index (χ1) is 14.1. The van der Waals surface area contributed by atoms with Crippen LogP contribution in [0.25, 0.3) is 0 Å². The number of aromatic nitrogens is 1. The highest BCUT2D eigenvalue weighted by molar-refractivity contribution is 5.97. The Balaban J connectivity index is 1.57. The van der Waals surface area contributed by atoms with Crippen LogP contribution in [0.2, 0.25) is 0 Å². The maximum absolute atomic E-state index is 12.7. The number of hydrogen-bond donors (Lipinski definition) is 3. The molecule has 2 unspecified atom stereocenters. The van der Waals surface area contributed by atoms with Crippen LogP contribution in [0.3, 0.4) is 0 Å². The zero-order valence-electron chi connectivity index (χ0n) is 16.8. The molecule has 2 atom stereocenters. The molecule has 1 heterocycles. The average Bonchev–Trinajstić information content (AvgIpc) is 3.40. The molecule has 3 rings (SSSR count). The molecule has 1 aliphatic rings. The van der Waals surface area contributed by atoms with E-state index in [9.17, 15) is 14.7 Å². The first kappa shape index (κ1) is 21.0. The van der Waals surface area contributed by atoms with Crippen LogP contribution in [0, 0.1) is 5.92 Å². The number of anilines is 1. The SMILES string of the molecule is CCCC(NC(=O)C(O)c1ccccc1)C(=O)Nc1cc(CC2CCCC2)no1. The zero-order chi connectivity index (χ0) is 20.6. The van der Waals surface area contributed by atoms with Gasteiger partial charge in [-0.05, 0) is 24.3 Å². The van der Waals surface area contributed by atoms with Crippen LogP contribution in [0.15, 0.2) is 40.9 Å². The van der Waals surface area contributed by atoms with Crippen molar-refractivity contribution in [2.75, 3.05) is 5.32 Å². The van der Waals surface area contributed by atoms with Gasteiger partial charge < -0.3 is 14.9 Å². The van der Waals surface area contributed by atoms with E-state index in [-0.39, 0.29) is 11.8 Å².